The average Bonchev–Trinajstić information content (AvgIpc) is 3.19. The first kappa shape index (κ1) is 20.2. The van der Waals surface area contributed by atoms with Crippen LogP contribution in [0.25, 0.3) is 10.9 Å². The highest BCUT2D eigenvalue weighted by molar-refractivity contribution is 6.01. The molecule has 1 aliphatic rings. The Kier molecular flexibility index (Phi) is 5.62. The summed E-state index contributed by atoms with van der Waals surface area (Å²) in [5.74, 6) is 0.540. The maximum absolute atomic E-state index is 13.2. The molecular formula is C25H29N3O2. The van der Waals surface area contributed by atoms with E-state index in [1.54, 1.807) is 0 Å². The Balaban J connectivity index is 1.63. The standard InChI is InChI=1S/C25H29N3O2/c1-16(2)12-14-26-22(29)13-15-28-24(18-8-4-5-9-19(18)25(28)30)23-17(3)27-21-11-7-6-10-20(21)23/h4-11,16,24,27H,12-15H2,1-3H3,(H,26,29)/t24-/m1/s1. The van der Waals surface area contributed by atoms with Crippen molar-refractivity contribution in [1.82, 2.24) is 15.2 Å². The van der Waals surface area contributed by atoms with Crippen molar-refractivity contribution in [2.75, 3.05) is 13.1 Å². The highest BCUT2D eigenvalue weighted by Crippen LogP contribution is 2.42. The Bertz CT molecular complexity index is 1080. The number of rotatable bonds is 7. The molecule has 0 saturated heterocycles. The van der Waals surface area contributed by atoms with Crippen LogP contribution in [-0.2, 0) is 4.79 Å². The van der Waals surface area contributed by atoms with Crippen molar-refractivity contribution < 1.29 is 9.59 Å². The van der Waals surface area contributed by atoms with Crippen molar-refractivity contribution in [3.63, 3.8) is 0 Å². The van der Waals surface area contributed by atoms with Gasteiger partial charge in [0, 0.05) is 47.2 Å². The lowest BCUT2D eigenvalue weighted by atomic mass is 9.95. The minimum atomic E-state index is -0.187. The quantitative estimate of drug-likeness (QED) is 0.607. The Morgan fingerprint density at radius 1 is 1.13 bits per heavy atom. The second kappa shape index (κ2) is 8.34. The molecule has 30 heavy (non-hydrogen) atoms. The minimum absolute atomic E-state index is 0.00439. The van der Waals surface area contributed by atoms with Crippen molar-refractivity contribution in [2.24, 2.45) is 5.92 Å². The van der Waals surface area contributed by atoms with E-state index in [-0.39, 0.29) is 17.9 Å². The van der Waals surface area contributed by atoms with Gasteiger partial charge in [-0.15, -0.1) is 0 Å². The van der Waals surface area contributed by atoms with Crippen molar-refractivity contribution in [1.29, 1.82) is 0 Å². The lowest BCUT2D eigenvalue weighted by Gasteiger charge is -2.26. The Hall–Kier alpha value is -3.08. The first-order valence-electron chi connectivity index (χ1n) is 10.7. The van der Waals surface area contributed by atoms with Crippen LogP contribution in [-0.4, -0.2) is 34.8 Å². The van der Waals surface area contributed by atoms with Gasteiger partial charge in [0.1, 0.15) is 0 Å². The van der Waals surface area contributed by atoms with Crippen molar-refractivity contribution >= 4 is 22.7 Å². The molecule has 0 bridgehead atoms. The molecule has 0 spiro atoms. The summed E-state index contributed by atoms with van der Waals surface area (Å²) in [5.41, 5.74) is 4.97. The average molecular weight is 404 g/mol. The van der Waals surface area contributed by atoms with Crippen molar-refractivity contribution in [3.05, 3.63) is 70.9 Å². The van der Waals surface area contributed by atoms with E-state index in [1.807, 2.05) is 41.3 Å². The summed E-state index contributed by atoms with van der Waals surface area (Å²) >= 11 is 0. The normalized spacial score (nSPS) is 15.8. The first-order valence-corrected chi connectivity index (χ1v) is 10.7. The predicted molar refractivity (Wildman–Crippen MR) is 119 cm³/mol. The molecule has 5 nitrogen and oxygen atoms in total. The van der Waals surface area contributed by atoms with Gasteiger partial charge in [-0.25, -0.2) is 0 Å². The lowest BCUT2D eigenvalue weighted by molar-refractivity contribution is -0.121. The van der Waals surface area contributed by atoms with Crippen LogP contribution in [0, 0.1) is 12.8 Å². The lowest BCUT2D eigenvalue weighted by Crippen LogP contribution is -2.34. The fourth-order valence-corrected chi connectivity index (χ4v) is 4.37. The number of aromatic amines is 1. The molecule has 156 valence electrons. The van der Waals surface area contributed by atoms with Gasteiger partial charge in [-0.2, -0.15) is 0 Å². The third kappa shape index (κ3) is 3.72. The van der Waals surface area contributed by atoms with Crippen LogP contribution < -0.4 is 5.32 Å². The van der Waals surface area contributed by atoms with E-state index < -0.39 is 0 Å². The van der Waals surface area contributed by atoms with Crippen LogP contribution in [0.4, 0.5) is 0 Å². The zero-order valence-corrected chi connectivity index (χ0v) is 17.9. The Morgan fingerprint density at radius 2 is 1.87 bits per heavy atom. The van der Waals surface area contributed by atoms with Gasteiger partial charge < -0.3 is 15.2 Å². The highest BCUT2D eigenvalue weighted by atomic mass is 16.2. The number of fused-ring (bicyclic) bond motifs is 2. The summed E-state index contributed by atoms with van der Waals surface area (Å²) in [6.45, 7) is 7.40. The number of nitrogens with one attached hydrogen (secondary N) is 2. The highest BCUT2D eigenvalue weighted by Gasteiger charge is 2.39. The number of carbonyl (C=O) groups excluding carboxylic acids is 2. The number of nitrogens with zero attached hydrogens (tertiary/aromatic N) is 1. The summed E-state index contributed by atoms with van der Waals surface area (Å²) < 4.78 is 0. The molecule has 1 aromatic heterocycles. The predicted octanol–water partition coefficient (Wildman–Crippen LogP) is 4.57. The second-order valence-electron chi connectivity index (χ2n) is 8.48. The number of hydrogen-bond acceptors (Lipinski definition) is 2. The molecule has 3 aromatic rings. The number of carbonyl (C=O) groups is 2. The van der Waals surface area contributed by atoms with E-state index in [9.17, 15) is 9.59 Å². The van der Waals surface area contributed by atoms with Crippen LogP contribution in [0.1, 0.15) is 59.9 Å². The molecule has 0 saturated carbocycles. The monoisotopic (exact) mass is 403 g/mol. The first-order chi connectivity index (χ1) is 14.5. The molecule has 2 heterocycles. The number of hydrogen-bond donors (Lipinski definition) is 2. The number of aryl methyl sites for hydroxylation is 1. The van der Waals surface area contributed by atoms with Crippen LogP contribution in [0.3, 0.4) is 0 Å². The molecule has 5 heteroatoms. The number of amides is 2. The summed E-state index contributed by atoms with van der Waals surface area (Å²) in [4.78, 5) is 30.9. The Labute approximate surface area is 177 Å². The summed E-state index contributed by atoms with van der Waals surface area (Å²) in [5, 5.41) is 4.10. The molecule has 0 aliphatic carbocycles. The number of benzene rings is 2. The van der Waals surface area contributed by atoms with E-state index in [2.05, 4.69) is 43.2 Å². The van der Waals surface area contributed by atoms with Crippen molar-refractivity contribution in [2.45, 2.75) is 39.7 Å². The summed E-state index contributed by atoms with van der Waals surface area (Å²) in [6.07, 6.45) is 1.26. The van der Waals surface area contributed by atoms with Gasteiger partial charge in [0.2, 0.25) is 5.91 Å². The zero-order valence-electron chi connectivity index (χ0n) is 17.9. The fourth-order valence-electron chi connectivity index (χ4n) is 4.37. The van der Waals surface area contributed by atoms with Gasteiger partial charge in [-0.1, -0.05) is 50.2 Å². The molecule has 0 radical (unpaired) electrons. The largest absolute Gasteiger partial charge is 0.358 e. The van der Waals surface area contributed by atoms with Gasteiger partial charge in [-0.05, 0) is 37.0 Å². The van der Waals surface area contributed by atoms with Crippen LogP contribution in [0.5, 0.6) is 0 Å². The molecule has 2 N–H and O–H groups in total. The maximum Gasteiger partial charge on any atom is 0.255 e. The van der Waals surface area contributed by atoms with Crippen LogP contribution in [0.15, 0.2) is 48.5 Å². The van der Waals surface area contributed by atoms with E-state index >= 15 is 0 Å². The van der Waals surface area contributed by atoms with Gasteiger partial charge in [0.15, 0.2) is 0 Å². The molecule has 0 fully saturated rings. The fraction of sp³-hybridized carbons (Fsp3) is 0.360. The van der Waals surface area contributed by atoms with E-state index in [0.717, 1.165) is 39.7 Å². The SMILES string of the molecule is Cc1[nH]c2ccccc2c1[C@H]1c2ccccc2C(=O)N1CCC(=O)NCCC(C)C. The molecule has 0 unspecified atom stereocenters. The summed E-state index contributed by atoms with van der Waals surface area (Å²) in [6, 6.07) is 15.8. The number of para-hydroxylation sites is 1. The van der Waals surface area contributed by atoms with Gasteiger partial charge in [0.25, 0.3) is 5.91 Å². The van der Waals surface area contributed by atoms with Gasteiger partial charge in [0.05, 0.1) is 6.04 Å². The topological polar surface area (TPSA) is 65.2 Å². The number of H-pyrrole nitrogens is 1. The molecule has 2 aromatic carbocycles. The second-order valence-corrected chi connectivity index (χ2v) is 8.48. The number of aromatic nitrogens is 1. The van der Waals surface area contributed by atoms with Gasteiger partial charge >= 0.3 is 0 Å². The van der Waals surface area contributed by atoms with E-state index in [1.165, 1.54) is 0 Å². The molecule has 1 atom stereocenters. The minimum Gasteiger partial charge on any atom is -0.358 e. The third-order valence-corrected chi connectivity index (χ3v) is 5.90. The maximum atomic E-state index is 13.2. The van der Waals surface area contributed by atoms with Gasteiger partial charge in [-0.3, -0.25) is 9.59 Å². The van der Waals surface area contributed by atoms with E-state index in [0.29, 0.717) is 25.4 Å². The van der Waals surface area contributed by atoms with Crippen molar-refractivity contribution in [3.8, 4) is 0 Å². The van der Waals surface area contributed by atoms with Crippen LogP contribution >= 0.6 is 0 Å². The van der Waals surface area contributed by atoms with E-state index in [4.69, 9.17) is 0 Å². The summed E-state index contributed by atoms with van der Waals surface area (Å²) in [7, 11) is 0. The molecule has 4 rings (SSSR count). The third-order valence-electron chi connectivity index (χ3n) is 5.90. The van der Waals surface area contributed by atoms with Crippen LogP contribution in [0.2, 0.25) is 0 Å². The molecule has 2 amide bonds. The Morgan fingerprint density at radius 3 is 2.67 bits per heavy atom. The smallest absolute Gasteiger partial charge is 0.255 e. The molecule has 1 aliphatic heterocycles. The molecular weight excluding hydrogens is 374 g/mol. The zero-order chi connectivity index (χ0) is 21.3.